The Bertz CT molecular complexity index is 1400. The Morgan fingerprint density at radius 2 is 1.46 bits per heavy atom. The molecule has 0 radical (unpaired) electrons. The van der Waals surface area contributed by atoms with Gasteiger partial charge in [-0.25, -0.2) is 0 Å². The monoisotopic (exact) mass is 514 g/mol. The maximum atomic E-state index is 13.7. The van der Waals surface area contributed by atoms with Gasteiger partial charge in [-0.1, -0.05) is 105 Å². The summed E-state index contributed by atoms with van der Waals surface area (Å²) in [6, 6.07) is 37.4. The molecule has 2 unspecified atom stereocenters. The second-order valence-electron chi connectivity index (χ2n) is 10.5. The van der Waals surface area contributed by atoms with E-state index in [1.807, 2.05) is 47.4 Å². The van der Waals surface area contributed by atoms with Crippen molar-refractivity contribution >= 4 is 23.0 Å². The van der Waals surface area contributed by atoms with Crippen molar-refractivity contribution in [3.05, 3.63) is 138 Å². The Morgan fingerprint density at radius 3 is 2.15 bits per heavy atom. The number of para-hydroxylation sites is 2. The number of nitrogens with zero attached hydrogens (tertiary/aromatic N) is 2. The Hall–Kier alpha value is -4.11. The molecule has 4 aromatic carbocycles. The molecule has 0 saturated carbocycles. The van der Waals surface area contributed by atoms with Crippen LogP contribution in [0.3, 0.4) is 0 Å². The van der Waals surface area contributed by atoms with Crippen LogP contribution < -0.4 is 9.80 Å². The van der Waals surface area contributed by atoms with Gasteiger partial charge in [0.25, 0.3) is 5.91 Å². The van der Waals surface area contributed by atoms with Crippen LogP contribution in [0.1, 0.15) is 72.6 Å². The fourth-order valence-corrected chi connectivity index (χ4v) is 5.75. The van der Waals surface area contributed by atoms with E-state index in [4.69, 9.17) is 0 Å². The summed E-state index contributed by atoms with van der Waals surface area (Å²) in [6.45, 7) is 9.02. The minimum atomic E-state index is 0.0116. The van der Waals surface area contributed by atoms with Crippen molar-refractivity contribution in [1.82, 2.24) is 0 Å². The molecule has 0 bridgehead atoms. The van der Waals surface area contributed by atoms with Crippen molar-refractivity contribution in [3.8, 4) is 0 Å². The number of hydrogen-bond acceptors (Lipinski definition) is 2. The maximum Gasteiger partial charge on any atom is 0.258 e. The van der Waals surface area contributed by atoms with E-state index in [-0.39, 0.29) is 18.0 Å². The highest BCUT2D eigenvalue weighted by Crippen LogP contribution is 2.45. The molecule has 1 heterocycles. The van der Waals surface area contributed by atoms with E-state index in [9.17, 15) is 4.79 Å². The van der Waals surface area contributed by atoms with Crippen LogP contribution >= 0.6 is 0 Å². The zero-order chi connectivity index (χ0) is 27.2. The molecule has 0 aliphatic carbocycles. The number of fused-ring (bicyclic) bond motifs is 1. The minimum Gasteiger partial charge on any atom is -0.334 e. The molecule has 1 amide bonds. The number of aryl methyl sites for hydroxylation is 1. The molecule has 3 heteroatoms. The lowest BCUT2D eigenvalue weighted by molar-refractivity contribution is 0.0973. The first-order chi connectivity index (χ1) is 19.1. The third-order valence-electron chi connectivity index (χ3n) is 7.79. The number of anilines is 2. The van der Waals surface area contributed by atoms with Crippen LogP contribution in [0.2, 0.25) is 0 Å². The lowest BCUT2D eigenvalue weighted by atomic mass is 9.88. The zero-order valence-corrected chi connectivity index (χ0v) is 23.1. The number of carbonyl (C=O) groups is 1. The van der Waals surface area contributed by atoms with Crippen LogP contribution in [0.25, 0.3) is 5.70 Å². The van der Waals surface area contributed by atoms with Crippen LogP contribution in [0.15, 0.2) is 116 Å². The highest BCUT2D eigenvalue weighted by molar-refractivity contribution is 6.07. The summed E-state index contributed by atoms with van der Waals surface area (Å²) in [5.41, 5.74) is 7.38. The van der Waals surface area contributed by atoms with Crippen molar-refractivity contribution in [2.45, 2.75) is 58.0 Å². The normalized spacial score (nSPS) is 16.4. The molecule has 1 aliphatic heterocycles. The molecule has 0 fully saturated rings. The summed E-state index contributed by atoms with van der Waals surface area (Å²) in [6.07, 6.45) is 5.62. The molecule has 198 valence electrons. The topological polar surface area (TPSA) is 23.6 Å². The molecule has 2 atom stereocenters. The van der Waals surface area contributed by atoms with Gasteiger partial charge in [-0.3, -0.25) is 4.79 Å². The zero-order valence-electron chi connectivity index (χ0n) is 23.1. The molecular formula is C36H38N2O. The van der Waals surface area contributed by atoms with Gasteiger partial charge in [0, 0.05) is 28.7 Å². The first-order valence-electron chi connectivity index (χ1n) is 14.2. The molecule has 39 heavy (non-hydrogen) atoms. The third-order valence-corrected chi connectivity index (χ3v) is 7.79. The van der Waals surface area contributed by atoms with Gasteiger partial charge >= 0.3 is 0 Å². The van der Waals surface area contributed by atoms with E-state index in [1.165, 1.54) is 24.8 Å². The van der Waals surface area contributed by atoms with Crippen molar-refractivity contribution in [1.29, 1.82) is 0 Å². The smallest absolute Gasteiger partial charge is 0.258 e. The van der Waals surface area contributed by atoms with E-state index in [0.29, 0.717) is 5.56 Å². The van der Waals surface area contributed by atoms with E-state index in [0.717, 1.165) is 41.0 Å². The summed E-state index contributed by atoms with van der Waals surface area (Å²) >= 11 is 0. The van der Waals surface area contributed by atoms with Gasteiger partial charge in [-0.2, -0.15) is 0 Å². The average Bonchev–Trinajstić information content (AvgIpc) is 2.98. The first-order valence-corrected chi connectivity index (χ1v) is 14.2. The van der Waals surface area contributed by atoms with Crippen molar-refractivity contribution in [2.24, 2.45) is 0 Å². The Labute approximate surface area is 233 Å². The van der Waals surface area contributed by atoms with Gasteiger partial charge in [0.1, 0.15) is 0 Å². The molecule has 4 aromatic rings. The summed E-state index contributed by atoms with van der Waals surface area (Å²) in [5.74, 6) is 0.0396. The molecule has 0 saturated heterocycles. The molecule has 0 N–H and O–H groups in total. The van der Waals surface area contributed by atoms with Gasteiger partial charge in [0.15, 0.2) is 0 Å². The highest BCUT2D eigenvalue weighted by Gasteiger charge is 2.37. The number of hydrogen-bond donors (Lipinski definition) is 0. The quantitative estimate of drug-likeness (QED) is 0.208. The molecule has 3 nitrogen and oxygen atoms in total. The Morgan fingerprint density at radius 1 is 0.821 bits per heavy atom. The SMILES string of the molecule is C=C(c1ccc(CCCCC)cc1)N(c1ccccc1)C1CC(C)N(C(=O)c2ccccc2)c2ccccc21. The van der Waals surface area contributed by atoms with E-state index < -0.39 is 0 Å². The molecular weight excluding hydrogens is 476 g/mol. The second kappa shape index (κ2) is 12.2. The van der Waals surface area contributed by atoms with Crippen LogP contribution in [0, 0.1) is 0 Å². The highest BCUT2D eigenvalue weighted by atomic mass is 16.2. The van der Waals surface area contributed by atoms with Gasteiger partial charge in [-0.05, 0) is 73.2 Å². The minimum absolute atomic E-state index is 0.0116. The lowest BCUT2D eigenvalue weighted by Crippen LogP contribution is -2.46. The summed E-state index contributed by atoms with van der Waals surface area (Å²) in [4.78, 5) is 18.0. The fraction of sp³-hybridized carbons (Fsp3) is 0.250. The summed E-state index contributed by atoms with van der Waals surface area (Å²) < 4.78 is 0. The first kappa shape index (κ1) is 26.5. The van der Waals surface area contributed by atoms with E-state index in [2.05, 4.69) is 92.1 Å². The van der Waals surface area contributed by atoms with Crippen LogP contribution in [-0.4, -0.2) is 11.9 Å². The predicted octanol–water partition coefficient (Wildman–Crippen LogP) is 9.08. The number of rotatable bonds is 9. The van der Waals surface area contributed by atoms with E-state index in [1.54, 1.807) is 0 Å². The van der Waals surface area contributed by atoms with Crippen LogP contribution in [0.5, 0.6) is 0 Å². The fourth-order valence-electron chi connectivity index (χ4n) is 5.75. The standard InChI is InChI=1S/C36H38N2O/c1-4-5-8-15-29-22-24-30(25-23-29)28(3)38(32-18-11-7-12-19-32)35-26-27(2)37(34-21-14-13-20-33(34)35)36(39)31-16-9-6-10-17-31/h6-7,9-14,16-25,27,35H,3-5,8,15,26H2,1-2H3. The molecule has 1 aliphatic rings. The Balaban J connectivity index is 1.52. The van der Waals surface area contributed by atoms with Crippen molar-refractivity contribution in [3.63, 3.8) is 0 Å². The average molecular weight is 515 g/mol. The van der Waals surface area contributed by atoms with Gasteiger partial charge in [0.2, 0.25) is 0 Å². The second-order valence-corrected chi connectivity index (χ2v) is 10.5. The summed E-state index contributed by atoms with van der Waals surface area (Å²) in [5, 5.41) is 0. The molecule has 5 rings (SSSR count). The lowest BCUT2D eigenvalue weighted by Gasteiger charge is -2.45. The number of benzene rings is 4. The van der Waals surface area contributed by atoms with Gasteiger partial charge < -0.3 is 9.80 Å². The third kappa shape index (κ3) is 5.68. The molecule has 0 spiro atoms. The summed E-state index contributed by atoms with van der Waals surface area (Å²) in [7, 11) is 0. The number of amides is 1. The largest absolute Gasteiger partial charge is 0.334 e. The number of carbonyl (C=O) groups excluding carboxylic acids is 1. The van der Waals surface area contributed by atoms with Gasteiger partial charge in [0.05, 0.1) is 6.04 Å². The molecule has 0 aromatic heterocycles. The maximum absolute atomic E-state index is 13.7. The number of unbranched alkanes of at least 4 members (excludes halogenated alkanes) is 2. The van der Waals surface area contributed by atoms with Crippen LogP contribution in [0.4, 0.5) is 11.4 Å². The van der Waals surface area contributed by atoms with E-state index >= 15 is 0 Å². The van der Waals surface area contributed by atoms with Gasteiger partial charge in [-0.15, -0.1) is 0 Å². The van der Waals surface area contributed by atoms with Crippen molar-refractivity contribution < 1.29 is 4.79 Å². The van der Waals surface area contributed by atoms with Crippen LogP contribution in [-0.2, 0) is 6.42 Å². The van der Waals surface area contributed by atoms with Crippen molar-refractivity contribution in [2.75, 3.05) is 9.80 Å². The predicted molar refractivity (Wildman–Crippen MR) is 164 cm³/mol. The Kier molecular flexibility index (Phi) is 8.27.